The monoisotopic (exact) mass is 404 g/mol. The Bertz CT molecular complexity index is 790. The van der Waals surface area contributed by atoms with E-state index < -0.39 is 17.8 Å². The van der Waals surface area contributed by atoms with Crippen LogP contribution in [0.5, 0.6) is 0 Å². The van der Waals surface area contributed by atoms with Gasteiger partial charge in [-0.25, -0.2) is 14.0 Å². The van der Waals surface area contributed by atoms with Crippen LogP contribution in [-0.4, -0.2) is 79.6 Å². The summed E-state index contributed by atoms with van der Waals surface area (Å²) in [5.74, 6) is -1.00. The van der Waals surface area contributed by atoms with Gasteiger partial charge in [0.25, 0.3) is 0 Å². The van der Waals surface area contributed by atoms with Crippen molar-refractivity contribution < 1.29 is 18.7 Å². The first-order valence-electron chi connectivity index (χ1n) is 10.1. The molecular formula is C21H29FN4O3. The van der Waals surface area contributed by atoms with Gasteiger partial charge in [-0.05, 0) is 19.5 Å². The molecule has 2 amide bonds. The summed E-state index contributed by atoms with van der Waals surface area (Å²) >= 11 is 0. The number of rotatable bonds is 6. The molecule has 1 atom stereocenters. The molecule has 7 nitrogen and oxygen atoms in total. The van der Waals surface area contributed by atoms with E-state index in [1.807, 2.05) is 0 Å². The second-order valence-corrected chi connectivity index (χ2v) is 7.25. The molecule has 3 rings (SSSR count). The third-order valence-corrected chi connectivity index (χ3v) is 5.57. The van der Waals surface area contributed by atoms with Crippen LogP contribution in [0.4, 0.5) is 9.18 Å². The molecule has 1 N–H and O–H groups in total. The quantitative estimate of drug-likeness (QED) is 0.735. The summed E-state index contributed by atoms with van der Waals surface area (Å²) in [6, 6.07) is 4.93. The van der Waals surface area contributed by atoms with Crippen LogP contribution in [0.3, 0.4) is 0 Å². The zero-order chi connectivity index (χ0) is 21.0. The molecule has 29 heavy (non-hydrogen) atoms. The van der Waals surface area contributed by atoms with Crippen molar-refractivity contribution in [1.29, 1.82) is 0 Å². The number of piperazine rings is 1. The highest BCUT2D eigenvalue weighted by atomic mass is 19.1. The average molecular weight is 404 g/mol. The first kappa shape index (κ1) is 21.3. The molecule has 158 valence electrons. The van der Waals surface area contributed by atoms with E-state index in [9.17, 15) is 14.0 Å². The fourth-order valence-corrected chi connectivity index (χ4v) is 3.82. The summed E-state index contributed by atoms with van der Waals surface area (Å²) in [5.41, 5.74) is 1.10. The summed E-state index contributed by atoms with van der Waals surface area (Å²) in [6.07, 6.45) is 0. The molecule has 0 saturated carbocycles. The van der Waals surface area contributed by atoms with Crippen molar-refractivity contribution >= 4 is 12.0 Å². The van der Waals surface area contributed by atoms with Crippen molar-refractivity contribution in [3.63, 3.8) is 0 Å². The van der Waals surface area contributed by atoms with E-state index in [1.165, 1.54) is 11.0 Å². The number of nitrogens with one attached hydrogen (secondary N) is 1. The minimum absolute atomic E-state index is 0.201. The lowest BCUT2D eigenvalue weighted by molar-refractivity contribution is -0.139. The van der Waals surface area contributed by atoms with Crippen LogP contribution in [-0.2, 0) is 9.53 Å². The highest BCUT2D eigenvalue weighted by molar-refractivity contribution is 5.95. The van der Waals surface area contributed by atoms with E-state index in [0.717, 1.165) is 32.7 Å². The van der Waals surface area contributed by atoms with E-state index >= 15 is 0 Å². The molecule has 0 bridgehead atoms. The van der Waals surface area contributed by atoms with Gasteiger partial charge >= 0.3 is 12.0 Å². The Kier molecular flexibility index (Phi) is 6.87. The number of likely N-dealkylation sites (N-methyl/N-ethyl adjacent to an activating group) is 2. The molecule has 0 spiro atoms. The number of ether oxygens (including phenoxy) is 1. The predicted molar refractivity (Wildman–Crippen MR) is 108 cm³/mol. The minimum Gasteiger partial charge on any atom is -0.463 e. The van der Waals surface area contributed by atoms with Gasteiger partial charge in [0, 0.05) is 51.0 Å². The molecule has 1 fully saturated rings. The lowest BCUT2D eigenvalue weighted by Gasteiger charge is -2.39. The topological polar surface area (TPSA) is 65.1 Å². The van der Waals surface area contributed by atoms with Gasteiger partial charge in [-0.2, -0.15) is 0 Å². The molecule has 0 radical (unpaired) electrons. The SMILES string of the molecule is CCOC(=O)C1=C(CN2CCN(CC)CC2)N(C)C(=O)N[C@@H]1c1ccccc1F. The van der Waals surface area contributed by atoms with E-state index in [-0.39, 0.29) is 23.8 Å². The average Bonchev–Trinajstić information content (AvgIpc) is 2.72. The highest BCUT2D eigenvalue weighted by Crippen LogP contribution is 2.32. The molecule has 0 aliphatic carbocycles. The van der Waals surface area contributed by atoms with Gasteiger partial charge in [-0.15, -0.1) is 0 Å². The standard InChI is InChI=1S/C21H29FN4O3/c1-4-25-10-12-26(13-11-25)14-17-18(20(27)29-5-2)19(23-21(28)24(17)3)15-8-6-7-9-16(15)22/h6-9,19H,4-5,10-14H2,1-3H3,(H,23,28)/t19-/m1/s1. The number of esters is 1. The molecule has 1 aromatic rings. The first-order valence-corrected chi connectivity index (χ1v) is 10.1. The van der Waals surface area contributed by atoms with Gasteiger partial charge < -0.3 is 15.0 Å². The lowest BCUT2D eigenvalue weighted by Crippen LogP contribution is -2.52. The summed E-state index contributed by atoms with van der Waals surface area (Å²) in [6.45, 7) is 9.05. The van der Waals surface area contributed by atoms with Crippen LogP contribution in [0.15, 0.2) is 35.5 Å². The number of urea groups is 1. The summed E-state index contributed by atoms with van der Waals surface area (Å²) in [5, 5.41) is 2.76. The Morgan fingerprint density at radius 2 is 1.83 bits per heavy atom. The van der Waals surface area contributed by atoms with Gasteiger partial charge in [0.1, 0.15) is 5.82 Å². The van der Waals surface area contributed by atoms with Gasteiger partial charge in [-0.1, -0.05) is 25.1 Å². The van der Waals surface area contributed by atoms with E-state index in [4.69, 9.17) is 4.74 Å². The van der Waals surface area contributed by atoms with Crippen molar-refractivity contribution in [3.8, 4) is 0 Å². The van der Waals surface area contributed by atoms with Crippen LogP contribution in [0.25, 0.3) is 0 Å². The Balaban J connectivity index is 1.99. The number of carbonyl (C=O) groups excluding carboxylic acids is 2. The molecule has 2 heterocycles. The third-order valence-electron chi connectivity index (χ3n) is 5.57. The molecule has 0 aromatic heterocycles. The van der Waals surface area contributed by atoms with E-state index in [2.05, 4.69) is 22.0 Å². The molecule has 1 aromatic carbocycles. The number of amides is 2. The summed E-state index contributed by atoms with van der Waals surface area (Å²) < 4.78 is 19.8. The zero-order valence-corrected chi connectivity index (χ0v) is 17.3. The maximum absolute atomic E-state index is 14.5. The van der Waals surface area contributed by atoms with Crippen molar-refractivity contribution in [2.75, 3.05) is 52.9 Å². The molecule has 2 aliphatic rings. The highest BCUT2D eigenvalue weighted by Gasteiger charge is 2.38. The maximum atomic E-state index is 14.5. The Morgan fingerprint density at radius 3 is 2.45 bits per heavy atom. The minimum atomic E-state index is -0.883. The Hall–Kier alpha value is -2.45. The number of hydrogen-bond acceptors (Lipinski definition) is 5. The van der Waals surface area contributed by atoms with E-state index in [1.54, 1.807) is 32.2 Å². The van der Waals surface area contributed by atoms with Gasteiger partial charge in [-0.3, -0.25) is 9.80 Å². The van der Waals surface area contributed by atoms with Crippen molar-refractivity contribution in [1.82, 2.24) is 20.0 Å². The number of nitrogens with zero attached hydrogens (tertiary/aromatic N) is 3. The van der Waals surface area contributed by atoms with Crippen LogP contribution in [0.1, 0.15) is 25.5 Å². The summed E-state index contributed by atoms with van der Waals surface area (Å²) in [4.78, 5) is 31.5. The van der Waals surface area contributed by atoms with Gasteiger partial charge in [0.15, 0.2) is 0 Å². The van der Waals surface area contributed by atoms with Crippen LogP contribution in [0.2, 0.25) is 0 Å². The van der Waals surface area contributed by atoms with Crippen molar-refractivity contribution in [2.45, 2.75) is 19.9 Å². The van der Waals surface area contributed by atoms with Crippen LogP contribution >= 0.6 is 0 Å². The fourth-order valence-electron chi connectivity index (χ4n) is 3.82. The second kappa shape index (κ2) is 9.37. The molecule has 0 unspecified atom stereocenters. The van der Waals surface area contributed by atoms with Crippen molar-refractivity contribution in [3.05, 3.63) is 46.9 Å². The van der Waals surface area contributed by atoms with Gasteiger partial charge in [0.05, 0.1) is 18.2 Å². The third kappa shape index (κ3) is 4.59. The summed E-state index contributed by atoms with van der Waals surface area (Å²) in [7, 11) is 1.63. The second-order valence-electron chi connectivity index (χ2n) is 7.25. The number of hydrogen-bond donors (Lipinski definition) is 1. The largest absolute Gasteiger partial charge is 0.463 e. The maximum Gasteiger partial charge on any atom is 0.338 e. The molecule has 8 heteroatoms. The predicted octanol–water partition coefficient (Wildman–Crippen LogP) is 1.98. The zero-order valence-electron chi connectivity index (χ0n) is 17.3. The molecule has 2 aliphatic heterocycles. The molecule has 1 saturated heterocycles. The smallest absolute Gasteiger partial charge is 0.338 e. The number of halogens is 1. The van der Waals surface area contributed by atoms with Crippen LogP contribution in [0, 0.1) is 5.82 Å². The number of carbonyl (C=O) groups is 2. The first-order chi connectivity index (χ1) is 14.0. The lowest BCUT2D eigenvalue weighted by atomic mass is 9.94. The van der Waals surface area contributed by atoms with Crippen molar-refractivity contribution in [2.24, 2.45) is 0 Å². The number of benzene rings is 1. The van der Waals surface area contributed by atoms with Gasteiger partial charge in [0.2, 0.25) is 0 Å². The van der Waals surface area contributed by atoms with Crippen LogP contribution < -0.4 is 5.32 Å². The van der Waals surface area contributed by atoms with E-state index in [0.29, 0.717) is 12.2 Å². The molecular weight excluding hydrogens is 375 g/mol. The normalized spacial score (nSPS) is 21.3. The fraction of sp³-hybridized carbons (Fsp3) is 0.524. The Labute approximate surface area is 171 Å². The Morgan fingerprint density at radius 1 is 1.17 bits per heavy atom.